The van der Waals surface area contributed by atoms with E-state index in [1.807, 2.05) is 25.1 Å². The lowest BCUT2D eigenvalue weighted by molar-refractivity contribution is -0.122. The summed E-state index contributed by atoms with van der Waals surface area (Å²) in [5, 5.41) is 2.88. The third kappa shape index (κ3) is 4.59. The molecule has 1 aliphatic rings. The molecule has 0 atom stereocenters. The monoisotopic (exact) mass is 400 g/mol. The summed E-state index contributed by atoms with van der Waals surface area (Å²) < 4.78 is 0. The van der Waals surface area contributed by atoms with E-state index in [9.17, 15) is 14.4 Å². The van der Waals surface area contributed by atoms with Crippen molar-refractivity contribution in [3.63, 3.8) is 0 Å². The third-order valence-corrected chi connectivity index (χ3v) is 5.25. The van der Waals surface area contributed by atoms with E-state index in [2.05, 4.69) is 5.32 Å². The average Bonchev–Trinajstić information content (AvgIpc) is 2.91. The van der Waals surface area contributed by atoms with Gasteiger partial charge in [-0.25, -0.2) is 0 Å². The molecule has 0 radical (unpaired) electrons. The molecule has 1 N–H and O–H groups in total. The Kier molecular flexibility index (Phi) is 5.98. The number of amides is 3. The number of carbonyl (C=O) groups excluding carboxylic acids is 3. The van der Waals surface area contributed by atoms with Crippen LogP contribution in [0.3, 0.4) is 0 Å². The largest absolute Gasteiger partial charge is 0.350 e. The standard InChI is InChI=1S/C20H17ClN2O3S/c1-13-6-8-14(9-7-13)18(24)22-10-11-23-19(25)17(27-20(23)26)12-15-4-2-3-5-16(15)21/h2-9,12H,10-11H2,1H3,(H,22,24)/b17-12-. The molecule has 2 aromatic rings. The van der Waals surface area contributed by atoms with E-state index in [1.54, 1.807) is 36.4 Å². The first-order valence-electron chi connectivity index (χ1n) is 8.30. The molecule has 3 amide bonds. The molecule has 1 aliphatic heterocycles. The van der Waals surface area contributed by atoms with Gasteiger partial charge in [0.05, 0.1) is 4.91 Å². The van der Waals surface area contributed by atoms with Crippen LogP contribution in [0.25, 0.3) is 6.08 Å². The predicted octanol–water partition coefficient (Wildman–Crippen LogP) is 4.11. The molecule has 3 rings (SSSR count). The lowest BCUT2D eigenvalue weighted by Crippen LogP contribution is -2.37. The zero-order chi connectivity index (χ0) is 19.4. The minimum absolute atomic E-state index is 0.113. The quantitative estimate of drug-likeness (QED) is 0.767. The molecule has 138 valence electrons. The summed E-state index contributed by atoms with van der Waals surface area (Å²) in [6.45, 7) is 2.24. The minimum atomic E-state index is -0.380. The second-order valence-corrected chi connectivity index (χ2v) is 7.38. The average molecular weight is 401 g/mol. The highest BCUT2D eigenvalue weighted by Gasteiger charge is 2.34. The molecule has 2 aromatic carbocycles. The van der Waals surface area contributed by atoms with Crippen molar-refractivity contribution in [3.05, 3.63) is 75.1 Å². The summed E-state index contributed by atoms with van der Waals surface area (Å²) in [5.41, 5.74) is 2.28. The van der Waals surface area contributed by atoms with Gasteiger partial charge in [0.25, 0.3) is 17.1 Å². The summed E-state index contributed by atoms with van der Waals surface area (Å²) >= 11 is 6.97. The highest BCUT2D eigenvalue weighted by Crippen LogP contribution is 2.33. The van der Waals surface area contributed by atoms with Crippen LogP contribution in [0.5, 0.6) is 0 Å². The SMILES string of the molecule is Cc1ccc(C(=O)NCCN2C(=O)S/C(=C\c3ccccc3Cl)C2=O)cc1. The van der Waals surface area contributed by atoms with Crippen molar-refractivity contribution in [2.24, 2.45) is 0 Å². The number of hydrogen-bond donors (Lipinski definition) is 1. The molecule has 0 unspecified atom stereocenters. The maximum Gasteiger partial charge on any atom is 0.293 e. The molecule has 1 saturated heterocycles. The van der Waals surface area contributed by atoms with Crippen molar-refractivity contribution in [1.82, 2.24) is 10.2 Å². The number of hydrogen-bond acceptors (Lipinski definition) is 4. The molecular weight excluding hydrogens is 384 g/mol. The lowest BCUT2D eigenvalue weighted by atomic mass is 10.1. The normalized spacial score (nSPS) is 15.5. The van der Waals surface area contributed by atoms with Gasteiger partial charge in [-0.2, -0.15) is 0 Å². The third-order valence-electron chi connectivity index (χ3n) is 4.00. The molecule has 27 heavy (non-hydrogen) atoms. The van der Waals surface area contributed by atoms with Crippen molar-refractivity contribution < 1.29 is 14.4 Å². The van der Waals surface area contributed by atoms with Crippen LogP contribution in [0.1, 0.15) is 21.5 Å². The van der Waals surface area contributed by atoms with Crippen LogP contribution < -0.4 is 5.32 Å². The second kappa shape index (κ2) is 8.41. The summed E-state index contributed by atoms with van der Waals surface area (Å²) in [7, 11) is 0. The first kappa shape index (κ1) is 19.2. The first-order valence-corrected chi connectivity index (χ1v) is 9.50. The molecule has 1 fully saturated rings. The Morgan fingerprint density at radius 3 is 2.56 bits per heavy atom. The Balaban J connectivity index is 1.60. The molecule has 1 heterocycles. The molecule has 7 heteroatoms. The van der Waals surface area contributed by atoms with Gasteiger partial charge in [0.1, 0.15) is 0 Å². The number of carbonyl (C=O) groups is 3. The summed E-state index contributed by atoms with van der Waals surface area (Å²) in [4.78, 5) is 38.2. The number of imide groups is 1. The molecule has 0 saturated carbocycles. The van der Waals surface area contributed by atoms with Gasteiger partial charge in [-0.3, -0.25) is 19.3 Å². The fourth-order valence-corrected chi connectivity index (χ4v) is 3.56. The Morgan fingerprint density at radius 1 is 1.15 bits per heavy atom. The second-order valence-electron chi connectivity index (χ2n) is 5.98. The van der Waals surface area contributed by atoms with Gasteiger partial charge in [0.2, 0.25) is 0 Å². The lowest BCUT2D eigenvalue weighted by Gasteiger charge is -2.13. The van der Waals surface area contributed by atoms with E-state index < -0.39 is 0 Å². The number of nitrogens with one attached hydrogen (secondary N) is 1. The Labute approximate surface area is 166 Å². The van der Waals surface area contributed by atoms with Crippen LogP contribution in [0.2, 0.25) is 5.02 Å². The molecule has 0 aliphatic carbocycles. The molecule has 5 nitrogen and oxygen atoms in total. The highest BCUT2D eigenvalue weighted by molar-refractivity contribution is 8.18. The van der Waals surface area contributed by atoms with Gasteiger partial charge in [-0.15, -0.1) is 0 Å². The summed E-state index contributed by atoms with van der Waals surface area (Å²) in [6.07, 6.45) is 1.61. The number of benzene rings is 2. The highest BCUT2D eigenvalue weighted by atomic mass is 35.5. The van der Waals surface area contributed by atoms with E-state index in [-0.39, 0.29) is 30.1 Å². The first-order chi connectivity index (χ1) is 13.0. The molecule has 0 bridgehead atoms. The summed E-state index contributed by atoms with van der Waals surface area (Å²) in [5.74, 6) is -0.622. The van der Waals surface area contributed by atoms with Crippen LogP contribution >= 0.6 is 23.4 Å². The molecule has 0 aromatic heterocycles. The van der Waals surface area contributed by atoms with E-state index >= 15 is 0 Å². The van der Waals surface area contributed by atoms with Crippen molar-refractivity contribution in [3.8, 4) is 0 Å². The van der Waals surface area contributed by atoms with Crippen molar-refractivity contribution in [1.29, 1.82) is 0 Å². The zero-order valence-electron chi connectivity index (χ0n) is 14.6. The number of thioether (sulfide) groups is 1. The predicted molar refractivity (Wildman–Crippen MR) is 108 cm³/mol. The topological polar surface area (TPSA) is 66.5 Å². The van der Waals surface area contributed by atoms with Crippen LogP contribution in [-0.2, 0) is 4.79 Å². The van der Waals surface area contributed by atoms with Crippen molar-refractivity contribution in [2.45, 2.75) is 6.92 Å². The molecule has 0 spiro atoms. The van der Waals surface area contributed by atoms with E-state index in [0.29, 0.717) is 21.1 Å². The van der Waals surface area contributed by atoms with Gasteiger partial charge < -0.3 is 5.32 Å². The maximum absolute atomic E-state index is 12.5. The Morgan fingerprint density at radius 2 is 1.85 bits per heavy atom. The van der Waals surface area contributed by atoms with Crippen LogP contribution in [0.15, 0.2) is 53.4 Å². The minimum Gasteiger partial charge on any atom is -0.350 e. The number of aryl methyl sites for hydroxylation is 1. The van der Waals surface area contributed by atoms with Crippen LogP contribution in [0, 0.1) is 6.92 Å². The smallest absolute Gasteiger partial charge is 0.293 e. The Bertz CT molecular complexity index is 925. The van der Waals surface area contributed by atoms with Gasteiger partial charge in [-0.05, 0) is 48.5 Å². The van der Waals surface area contributed by atoms with Crippen molar-refractivity contribution in [2.75, 3.05) is 13.1 Å². The van der Waals surface area contributed by atoms with E-state index in [1.165, 1.54) is 0 Å². The fraction of sp³-hybridized carbons (Fsp3) is 0.150. The fourth-order valence-electron chi connectivity index (χ4n) is 2.51. The zero-order valence-corrected chi connectivity index (χ0v) is 16.1. The van der Waals surface area contributed by atoms with Gasteiger partial charge >= 0.3 is 0 Å². The molecular formula is C20H17ClN2O3S. The van der Waals surface area contributed by atoms with E-state index in [4.69, 9.17) is 11.6 Å². The number of halogens is 1. The number of nitrogens with zero attached hydrogens (tertiary/aromatic N) is 1. The van der Waals surface area contributed by atoms with Gasteiger partial charge in [0.15, 0.2) is 0 Å². The Hall–Kier alpha value is -2.57. The van der Waals surface area contributed by atoms with Gasteiger partial charge in [0, 0.05) is 23.7 Å². The van der Waals surface area contributed by atoms with Gasteiger partial charge in [-0.1, -0.05) is 47.5 Å². The maximum atomic E-state index is 12.5. The van der Waals surface area contributed by atoms with Crippen molar-refractivity contribution >= 4 is 46.5 Å². The van der Waals surface area contributed by atoms with Crippen LogP contribution in [-0.4, -0.2) is 35.0 Å². The van der Waals surface area contributed by atoms with Crippen LogP contribution in [0.4, 0.5) is 4.79 Å². The summed E-state index contributed by atoms with van der Waals surface area (Å²) in [6, 6.07) is 14.3. The van der Waals surface area contributed by atoms with E-state index in [0.717, 1.165) is 22.2 Å². The number of rotatable bonds is 5.